The Morgan fingerprint density at radius 3 is 2.02 bits per heavy atom. The average Bonchev–Trinajstić information content (AvgIpc) is 3.35. The number of sulfone groups is 2. The Morgan fingerprint density at radius 1 is 0.933 bits per heavy atom. The number of amides is 1. The minimum absolute atomic E-state index is 0.0130. The number of hydrogen-bond acceptors (Lipinski definition) is 5. The number of benzene rings is 2. The van der Waals surface area contributed by atoms with E-state index in [0.29, 0.717) is 12.1 Å². The Hall–Kier alpha value is -2.39. The molecule has 1 amide bonds. The molecule has 0 radical (unpaired) electrons. The molecule has 3 aliphatic rings. The van der Waals surface area contributed by atoms with Gasteiger partial charge in [0, 0.05) is 23.0 Å². The molecule has 3 unspecified atom stereocenters. The molecule has 2 aromatic rings. The summed E-state index contributed by atoms with van der Waals surface area (Å²) in [5.41, 5.74) is -7.76. The third-order valence-electron chi connectivity index (χ3n) is 9.66. The predicted octanol–water partition coefficient (Wildman–Crippen LogP) is 6.45. The van der Waals surface area contributed by atoms with E-state index in [9.17, 15) is 48.0 Å². The van der Waals surface area contributed by atoms with Crippen LogP contribution in [0, 0.1) is 5.92 Å². The number of aryl methyl sites for hydroxylation is 1. The second-order valence-corrected chi connectivity index (χ2v) is 17.5. The van der Waals surface area contributed by atoms with E-state index in [1.165, 1.54) is 43.0 Å². The standard InChI is InChI=1S/C29H29ClF7NO5S2/c1-16-13-19(14-17(2)44(16,40)41)25(39)38-12-11-26(45(42,43)22-7-5-21(30)6-8-22)23-9-4-20(15-18(23)3-10-24(26)38)27(31,28(32,33)34)29(35,36)37/h4-9,15-17,19,24H,3,10-14H2,1-2H3/t16-,17+,19?,24?,26?. The smallest absolute Gasteiger partial charge is 0.337 e. The van der Waals surface area contributed by atoms with Crippen molar-refractivity contribution in [3.8, 4) is 0 Å². The van der Waals surface area contributed by atoms with Gasteiger partial charge in [-0.05, 0) is 81.3 Å². The molecule has 2 heterocycles. The van der Waals surface area contributed by atoms with Crippen molar-refractivity contribution in [2.24, 2.45) is 5.92 Å². The van der Waals surface area contributed by atoms with Gasteiger partial charge in [-0.3, -0.25) is 4.79 Å². The summed E-state index contributed by atoms with van der Waals surface area (Å²) < 4.78 is 149. The second kappa shape index (κ2) is 10.8. The van der Waals surface area contributed by atoms with Gasteiger partial charge in [0.2, 0.25) is 5.91 Å². The number of hydrogen-bond donors (Lipinski definition) is 0. The number of carbonyl (C=O) groups is 1. The van der Waals surface area contributed by atoms with Crippen molar-refractivity contribution in [3.05, 3.63) is 64.2 Å². The first-order valence-corrected chi connectivity index (χ1v) is 17.6. The molecule has 0 spiro atoms. The maximum absolute atomic E-state index is 15.0. The highest BCUT2D eigenvalue weighted by atomic mass is 35.5. The zero-order valence-corrected chi connectivity index (χ0v) is 26.3. The first kappa shape index (κ1) is 34.0. The predicted molar refractivity (Wildman–Crippen MR) is 151 cm³/mol. The molecule has 0 bridgehead atoms. The number of rotatable bonds is 4. The molecular formula is C29H29ClF7NO5S2. The fourth-order valence-corrected chi connectivity index (χ4v) is 11.6. The first-order chi connectivity index (χ1) is 20.6. The van der Waals surface area contributed by atoms with Gasteiger partial charge < -0.3 is 4.90 Å². The van der Waals surface area contributed by atoms with Crippen LogP contribution in [0.1, 0.15) is 56.2 Å². The lowest BCUT2D eigenvalue weighted by Crippen LogP contribution is -2.54. The molecule has 16 heteroatoms. The summed E-state index contributed by atoms with van der Waals surface area (Å²) in [4.78, 5) is 15.1. The number of halogens is 8. The summed E-state index contributed by atoms with van der Waals surface area (Å²) in [6, 6.07) is 5.47. The molecule has 2 saturated heterocycles. The van der Waals surface area contributed by atoms with E-state index in [0.717, 1.165) is 6.07 Å². The molecule has 2 fully saturated rings. The summed E-state index contributed by atoms with van der Waals surface area (Å²) in [5.74, 6) is -1.22. The van der Waals surface area contributed by atoms with Crippen LogP contribution in [0.3, 0.4) is 0 Å². The fourth-order valence-electron chi connectivity index (χ4n) is 7.32. The Balaban J connectivity index is 1.65. The summed E-state index contributed by atoms with van der Waals surface area (Å²) in [5, 5.41) is -1.45. The third-order valence-corrected chi connectivity index (χ3v) is 15.1. The molecule has 5 rings (SSSR count). The van der Waals surface area contributed by atoms with Gasteiger partial charge in [-0.25, -0.2) is 21.2 Å². The molecule has 6 nitrogen and oxygen atoms in total. The Kier molecular flexibility index (Phi) is 8.17. The van der Waals surface area contributed by atoms with E-state index in [-0.39, 0.29) is 59.7 Å². The normalized spacial score (nSPS) is 28.8. The number of nitrogens with zero attached hydrogens (tertiary/aromatic N) is 1. The quantitative estimate of drug-likeness (QED) is 0.342. The minimum atomic E-state index is -6.36. The Morgan fingerprint density at radius 2 is 1.49 bits per heavy atom. The Labute approximate surface area is 260 Å². The van der Waals surface area contributed by atoms with Crippen molar-refractivity contribution in [1.29, 1.82) is 0 Å². The van der Waals surface area contributed by atoms with E-state index in [1.807, 2.05) is 0 Å². The largest absolute Gasteiger partial charge is 0.435 e. The van der Waals surface area contributed by atoms with Gasteiger partial charge >= 0.3 is 18.0 Å². The summed E-state index contributed by atoms with van der Waals surface area (Å²) >= 11 is 5.96. The molecule has 2 aromatic carbocycles. The lowest BCUT2D eigenvalue weighted by Gasteiger charge is -2.44. The molecule has 0 saturated carbocycles. The van der Waals surface area contributed by atoms with Gasteiger partial charge in [0.05, 0.1) is 21.4 Å². The third kappa shape index (κ3) is 4.97. The lowest BCUT2D eigenvalue weighted by atomic mass is 9.76. The molecule has 5 atom stereocenters. The van der Waals surface area contributed by atoms with Crippen LogP contribution >= 0.6 is 11.6 Å². The van der Waals surface area contributed by atoms with Crippen LogP contribution in [0.5, 0.6) is 0 Å². The van der Waals surface area contributed by atoms with Crippen LogP contribution in [-0.4, -0.2) is 63.1 Å². The number of alkyl halides is 7. The van der Waals surface area contributed by atoms with E-state index < -0.39 is 76.4 Å². The summed E-state index contributed by atoms with van der Waals surface area (Å²) in [6.07, 6.45) is -13.4. The first-order valence-electron chi connectivity index (χ1n) is 14.1. The maximum atomic E-state index is 15.0. The molecule has 0 aromatic heterocycles. The monoisotopic (exact) mass is 703 g/mol. The number of carbonyl (C=O) groups excluding carboxylic acids is 1. The van der Waals surface area contributed by atoms with Gasteiger partial charge in [-0.15, -0.1) is 0 Å². The van der Waals surface area contributed by atoms with Gasteiger partial charge in [0.1, 0.15) is 4.75 Å². The van der Waals surface area contributed by atoms with Crippen LogP contribution in [0.15, 0.2) is 47.4 Å². The summed E-state index contributed by atoms with van der Waals surface area (Å²) in [6.45, 7) is 2.86. The van der Waals surface area contributed by atoms with Crippen molar-refractivity contribution in [2.45, 2.75) is 90.2 Å². The van der Waals surface area contributed by atoms with Crippen molar-refractivity contribution in [2.75, 3.05) is 6.54 Å². The molecule has 2 aliphatic heterocycles. The van der Waals surface area contributed by atoms with Gasteiger partial charge in [-0.2, -0.15) is 26.3 Å². The molecule has 45 heavy (non-hydrogen) atoms. The molecule has 248 valence electrons. The lowest BCUT2D eigenvalue weighted by molar-refractivity contribution is -0.348. The van der Waals surface area contributed by atoms with Crippen LogP contribution in [0.2, 0.25) is 5.02 Å². The average molecular weight is 704 g/mol. The van der Waals surface area contributed by atoms with Crippen molar-refractivity contribution < 1.29 is 52.4 Å². The van der Waals surface area contributed by atoms with Crippen molar-refractivity contribution in [1.82, 2.24) is 4.90 Å². The van der Waals surface area contributed by atoms with Gasteiger partial charge in [0.25, 0.3) is 0 Å². The SMILES string of the molecule is C[C@@H]1CC(C(=O)N2CCC3(S(=O)(=O)c4ccc(Cl)cc4)c4ccc(C(F)(C(F)(F)F)C(F)(F)F)cc4CCC23)C[C@H](C)S1(=O)=O. The van der Waals surface area contributed by atoms with Crippen LogP contribution in [-0.2, 0) is 41.3 Å². The van der Waals surface area contributed by atoms with Crippen LogP contribution in [0.4, 0.5) is 30.7 Å². The molecule has 0 N–H and O–H groups in total. The van der Waals surface area contributed by atoms with Crippen LogP contribution < -0.4 is 0 Å². The second-order valence-electron chi connectivity index (χ2n) is 12.1. The topological polar surface area (TPSA) is 88.6 Å². The van der Waals surface area contributed by atoms with Crippen LogP contribution in [0.25, 0.3) is 0 Å². The van der Waals surface area contributed by atoms with Crippen molar-refractivity contribution in [3.63, 3.8) is 0 Å². The zero-order valence-electron chi connectivity index (χ0n) is 23.9. The van der Waals surface area contributed by atoms with Crippen molar-refractivity contribution >= 4 is 37.2 Å². The molecule has 1 aliphatic carbocycles. The van der Waals surface area contributed by atoms with Gasteiger partial charge in [0.15, 0.2) is 19.7 Å². The van der Waals surface area contributed by atoms with E-state index >= 15 is 4.39 Å². The number of likely N-dealkylation sites (tertiary alicyclic amines) is 1. The number of fused-ring (bicyclic) bond motifs is 3. The minimum Gasteiger partial charge on any atom is -0.337 e. The fraction of sp³-hybridized carbons (Fsp3) is 0.552. The van der Waals surface area contributed by atoms with E-state index in [1.54, 1.807) is 0 Å². The maximum Gasteiger partial charge on any atom is 0.435 e. The van der Waals surface area contributed by atoms with E-state index in [4.69, 9.17) is 11.6 Å². The Bertz CT molecular complexity index is 1700. The van der Waals surface area contributed by atoms with E-state index in [2.05, 4.69) is 0 Å². The highest BCUT2D eigenvalue weighted by molar-refractivity contribution is 7.92. The highest BCUT2D eigenvalue weighted by Crippen LogP contribution is 2.57. The highest BCUT2D eigenvalue weighted by Gasteiger charge is 2.74. The molecular weight excluding hydrogens is 675 g/mol. The zero-order chi connectivity index (χ0) is 33.5. The summed E-state index contributed by atoms with van der Waals surface area (Å²) in [7, 11) is -7.99. The van der Waals surface area contributed by atoms with Gasteiger partial charge in [-0.1, -0.05) is 29.8 Å².